The minimum atomic E-state index is -0.115. The number of nitrogens with one attached hydrogen (secondary N) is 1. The van der Waals surface area contributed by atoms with Crippen LogP contribution in [-0.2, 0) is 17.1 Å². The third kappa shape index (κ3) is 7.24. The molecule has 6 nitrogen and oxygen atoms in total. The van der Waals surface area contributed by atoms with Crippen molar-refractivity contribution in [1.82, 2.24) is 14.8 Å². The predicted molar refractivity (Wildman–Crippen MR) is 143 cm³/mol. The van der Waals surface area contributed by atoms with E-state index in [9.17, 15) is 4.79 Å². The normalized spacial score (nSPS) is 10.7. The van der Waals surface area contributed by atoms with Crippen molar-refractivity contribution < 1.29 is 9.53 Å². The van der Waals surface area contributed by atoms with Crippen LogP contribution in [0.2, 0.25) is 0 Å². The van der Waals surface area contributed by atoms with Gasteiger partial charge in [-0.3, -0.25) is 4.79 Å². The van der Waals surface area contributed by atoms with E-state index in [1.54, 1.807) is 11.8 Å². The zero-order chi connectivity index (χ0) is 24.5. The van der Waals surface area contributed by atoms with Crippen molar-refractivity contribution in [3.63, 3.8) is 0 Å². The number of hydrogen-bond acceptors (Lipinski definition) is 6. The second kappa shape index (κ2) is 12.3. The second-order valence-electron chi connectivity index (χ2n) is 7.68. The number of benzene rings is 3. The Balaban J connectivity index is 1.30. The molecule has 0 spiro atoms. The molecule has 1 aromatic heterocycles. The number of aryl methyl sites for hydroxylation is 1. The van der Waals surface area contributed by atoms with E-state index >= 15 is 0 Å². The summed E-state index contributed by atoms with van der Waals surface area (Å²) in [5.41, 5.74) is 1.94. The molecule has 0 aliphatic rings. The Hall–Kier alpha value is -3.49. The maximum Gasteiger partial charge on any atom is 0.234 e. The van der Waals surface area contributed by atoms with Crippen LogP contribution >= 0.6 is 23.5 Å². The molecule has 35 heavy (non-hydrogen) atoms. The quantitative estimate of drug-likeness (QED) is 0.184. The van der Waals surface area contributed by atoms with Gasteiger partial charge in [0.25, 0.3) is 0 Å². The molecule has 1 N–H and O–H groups in total. The Labute approximate surface area is 213 Å². The topological polar surface area (TPSA) is 69.0 Å². The summed E-state index contributed by atoms with van der Waals surface area (Å²) in [6.07, 6.45) is 1.81. The number of nitrogens with zero attached hydrogens (tertiary/aromatic N) is 3. The summed E-state index contributed by atoms with van der Waals surface area (Å²) in [5, 5.41) is 12.3. The highest BCUT2D eigenvalue weighted by Crippen LogP contribution is 2.26. The maximum absolute atomic E-state index is 12.5. The smallest absolute Gasteiger partial charge is 0.234 e. The summed E-state index contributed by atoms with van der Waals surface area (Å²) in [6, 6.07) is 25.3. The van der Waals surface area contributed by atoms with E-state index in [-0.39, 0.29) is 11.7 Å². The highest BCUT2D eigenvalue weighted by atomic mass is 32.2. The van der Waals surface area contributed by atoms with Gasteiger partial charge in [0.15, 0.2) is 5.16 Å². The number of ether oxygens (including phenoxy) is 1. The fraction of sp³-hybridized carbons (Fsp3) is 0.148. The molecule has 1 amide bonds. The molecule has 4 rings (SSSR count). The van der Waals surface area contributed by atoms with E-state index in [1.165, 1.54) is 22.2 Å². The molecule has 0 atom stereocenters. The summed E-state index contributed by atoms with van der Waals surface area (Å²) < 4.78 is 7.79. The zero-order valence-electron chi connectivity index (χ0n) is 19.4. The lowest BCUT2D eigenvalue weighted by molar-refractivity contribution is -0.113. The minimum absolute atomic E-state index is 0.115. The highest BCUT2D eigenvalue weighted by molar-refractivity contribution is 7.99. The molecule has 0 bridgehead atoms. The molecule has 178 valence electrons. The predicted octanol–water partition coefficient (Wildman–Crippen LogP) is 6.59. The maximum atomic E-state index is 12.5. The summed E-state index contributed by atoms with van der Waals surface area (Å²) in [7, 11) is 0. The third-order valence-corrected chi connectivity index (χ3v) is 6.92. The van der Waals surface area contributed by atoms with Crippen LogP contribution in [0.5, 0.6) is 11.5 Å². The number of carbonyl (C=O) groups excluding carboxylic acids is 1. The number of anilines is 1. The lowest BCUT2D eigenvalue weighted by Crippen LogP contribution is -2.14. The number of amides is 1. The van der Waals surface area contributed by atoms with Crippen molar-refractivity contribution in [3.8, 4) is 11.5 Å². The molecule has 0 unspecified atom stereocenters. The molecular formula is C27H26N4O2S2. The number of carbonyl (C=O) groups is 1. The van der Waals surface area contributed by atoms with E-state index in [0.717, 1.165) is 11.6 Å². The van der Waals surface area contributed by atoms with Gasteiger partial charge in [-0.05, 0) is 55.5 Å². The van der Waals surface area contributed by atoms with Gasteiger partial charge in [-0.25, -0.2) is 0 Å². The van der Waals surface area contributed by atoms with Crippen LogP contribution in [-0.4, -0.2) is 26.4 Å². The van der Waals surface area contributed by atoms with Gasteiger partial charge in [-0.2, -0.15) is 0 Å². The molecule has 0 aliphatic carbocycles. The molecule has 0 saturated heterocycles. The number of thioether (sulfide) groups is 2. The first-order valence-electron chi connectivity index (χ1n) is 11.1. The van der Waals surface area contributed by atoms with Crippen LogP contribution in [0.25, 0.3) is 0 Å². The van der Waals surface area contributed by atoms with Crippen LogP contribution in [0.1, 0.15) is 11.4 Å². The molecule has 0 radical (unpaired) electrons. The van der Waals surface area contributed by atoms with Crippen LogP contribution in [0.4, 0.5) is 5.69 Å². The third-order valence-electron chi connectivity index (χ3n) is 4.94. The summed E-state index contributed by atoms with van der Waals surface area (Å²) in [5.74, 6) is 3.12. The summed E-state index contributed by atoms with van der Waals surface area (Å²) in [4.78, 5) is 13.7. The van der Waals surface area contributed by atoms with Gasteiger partial charge >= 0.3 is 0 Å². The van der Waals surface area contributed by atoms with Crippen LogP contribution < -0.4 is 10.1 Å². The number of rotatable bonds is 11. The standard InChI is InChI=1S/C27H26N4O2S2/c1-3-17-31-25(18-34-24-15-9-20(2)10-16-24)29-30-27(31)35-19-26(32)28-21-11-13-23(14-12-21)33-22-7-5-4-6-8-22/h3-16H,1,17-19H2,2H3,(H,28,32). The van der Waals surface area contributed by atoms with Gasteiger partial charge in [0.2, 0.25) is 5.91 Å². The second-order valence-corrected chi connectivity index (χ2v) is 9.67. The van der Waals surface area contributed by atoms with E-state index < -0.39 is 0 Å². The Morgan fingerprint density at radius 3 is 2.40 bits per heavy atom. The SMILES string of the molecule is C=CCn1c(CSc2ccc(C)cc2)nnc1SCC(=O)Nc1ccc(Oc2ccccc2)cc1. The largest absolute Gasteiger partial charge is 0.457 e. The monoisotopic (exact) mass is 502 g/mol. The number of hydrogen-bond donors (Lipinski definition) is 1. The van der Waals surface area contributed by atoms with Gasteiger partial charge in [0.05, 0.1) is 11.5 Å². The minimum Gasteiger partial charge on any atom is -0.457 e. The number of allylic oxidation sites excluding steroid dienone is 1. The van der Waals surface area contributed by atoms with E-state index in [1.807, 2.05) is 65.2 Å². The van der Waals surface area contributed by atoms with E-state index in [4.69, 9.17) is 4.74 Å². The fourth-order valence-corrected chi connectivity index (χ4v) is 4.79. The van der Waals surface area contributed by atoms with Gasteiger partial charge < -0.3 is 14.6 Å². The summed E-state index contributed by atoms with van der Waals surface area (Å²) in [6.45, 7) is 6.51. The van der Waals surface area contributed by atoms with Crippen molar-refractivity contribution >= 4 is 35.1 Å². The van der Waals surface area contributed by atoms with E-state index in [0.29, 0.717) is 28.9 Å². The number of para-hydroxylation sites is 1. The van der Waals surface area contributed by atoms with E-state index in [2.05, 4.69) is 53.3 Å². The lowest BCUT2D eigenvalue weighted by Gasteiger charge is -2.09. The molecule has 0 fully saturated rings. The first kappa shape index (κ1) is 24.6. The molecule has 0 aliphatic heterocycles. The molecule has 8 heteroatoms. The van der Waals surface area contributed by atoms with Gasteiger partial charge in [0, 0.05) is 17.1 Å². The zero-order valence-corrected chi connectivity index (χ0v) is 21.0. The molecule has 1 heterocycles. The average Bonchev–Trinajstić information content (AvgIpc) is 3.26. The average molecular weight is 503 g/mol. The molecule has 3 aromatic carbocycles. The van der Waals surface area contributed by atoms with Crippen molar-refractivity contribution in [2.75, 3.05) is 11.1 Å². The van der Waals surface area contributed by atoms with Crippen LogP contribution in [0.3, 0.4) is 0 Å². The lowest BCUT2D eigenvalue weighted by atomic mass is 10.2. The summed E-state index contributed by atoms with van der Waals surface area (Å²) >= 11 is 3.07. The van der Waals surface area contributed by atoms with Crippen molar-refractivity contribution in [1.29, 1.82) is 0 Å². The van der Waals surface area contributed by atoms with Crippen molar-refractivity contribution in [3.05, 3.63) is 103 Å². The molecular weight excluding hydrogens is 476 g/mol. The first-order valence-corrected chi connectivity index (χ1v) is 13.1. The Bertz CT molecular complexity index is 1260. The molecule has 0 saturated carbocycles. The van der Waals surface area contributed by atoms with Crippen LogP contribution in [0, 0.1) is 6.92 Å². The number of aromatic nitrogens is 3. The fourth-order valence-electron chi connectivity index (χ4n) is 3.19. The Morgan fingerprint density at radius 1 is 0.971 bits per heavy atom. The highest BCUT2D eigenvalue weighted by Gasteiger charge is 2.14. The van der Waals surface area contributed by atoms with Gasteiger partial charge in [-0.1, -0.05) is 53.7 Å². The molecule has 4 aromatic rings. The first-order chi connectivity index (χ1) is 17.1. The van der Waals surface area contributed by atoms with Crippen LogP contribution in [0.15, 0.2) is 102 Å². The Kier molecular flexibility index (Phi) is 8.64. The van der Waals surface area contributed by atoms with Crippen molar-refractivity contribution in [2.24, 2.45) is 0 Å². The van der Waals surface area contributed by atoms with Gasteiger partial charge in [-0.15, -0.1) is 28.5 Å². The van der Waals surface area contributed by atoms with Crippen molar-refractivity contribution in [2.45, 2.75) is 29.3 Å². The Morgan fingerprint density at radius 2 is 1.69 bits per heavy atom. The van der Waals surface area contributed by atoms with Gasteiger partial charge in [0.1, 0.15) is 17.3 Å².